The Morgan fingerprint density at radius 2 is 1.71 bits per heavy atom. The van der Waals surface area contributed by atoms with Gasteiger partial charge in [0.1, 0.15) is 0 Å². The molecule has 14 heavy (non-hydrogen) atoms. The highest BCUT2D eigenvalue weighted by molar-refractivity contribution is 5.49. The summed E-state index contributed by atoms with van der Waals surface area (Å²) in [4.78, 5) is 0. The molecular formula is C10H9F3O. The summed E-state index contributed by atoms with van der Waals surface area (Å²) >= 11 is 0. The van der Waals surface area contributed by atoms with Crippen LogP contribution in [0.2, 0.25) is 0 Å². The maximum absolute atomic E-state index is 11.9. The Kier molecular flexibility index (Phi) is 3.30. The second kappa shape index (κ2) is 4.28. The lowest BCUT2D eigenvalue weighted by Gasteiger charge is -2.09. The maximum Gasteiger partial charge on any atom is 0.417 e. The smallest absolute Gasteiger partial charge is 0.380 e. The van der Waals surface area contributed by atoms with Gasteiger partial charge in [-0.3, -0.25) is 0 Å². The summed E-state index contributed by atoms with van der Waals surface area (Å²) in [5.74, 6) is 0. The monoisotopic (exact) mass is 202 g/mol. The Bertz CT molecular complexity index is 303. The van der Waals surface area contributed by atoms with Gasteiger partial charge in [-0.15, -0.1) is 0 Å². The number of aliphatic hydroxyl groups is 1. The van der Waals surface area contributed by atoms with E-state index in [0.29, 0.717) is 5.56 Å². The van der Waals surface area contributed by atoms with Crippen molar-refractivity contribution in [2.45, 2.75) is 12.3 Å². The quantitative estimate of drug-likeness (QED) is 0.781. The van der Waals surface area contributed by atoms with Gasteiger partial charge >= 0.3 is 6.18 Å². The van der Waals surface area contributed by atoms with Crippen LogP contribution in [-0.4, -0.2) is 17.4 Å². The molecule has 0 radical (unpaired) electrons. The summed E-state index contributed by atoms with van der Waals surface area (Å²) in [6.45, 7) is 0. The number of alkyl halides is 3. The van der Waals surface area contributed by atoms with E-state index in [1.807, 2.05) is 0 Å². The van der Waals surface area contributed by atoms with Gasteiger partial charge in [0.25, 0.3) is 0 Å². The highest BCUT2D eigenvalue weighted by Crippen LogP contribution is 2.21. The van der Waals surface area contributed by atoms with Crippen LogP contribution in [-0.2, 0) is 0 Å². The predicted molar refractivity (Wildman–Crippen MR) is 47.5 cm³/mol. The molecule has 1 aromatic rings. The first-order valence-electron chi connectivity index (χ1n) is 3.98. The first kappa shape index (κ1) is 10.8. The predicted octanol–water partition coefficient (Wildman–Crippen LogP) is 2.62. The van der Waals surface area contributed by atoms with Crippen LogP contribution in [0.1, 0.15) is 5.56 Å². The summed E-state index contributed by atoms with van der Waals surface area (Å²) in [5, 5.41) is 8.64. The molecule has 0 spiro atoms. The molecule has 0 aliphatic rings. The van der Waals surface area contributed by atoms with Crippen LogP contribution < -0.4 is 0 Å². The maximum atomic E-state index is 11.9. The van der Waals surface area contributed by atoms with Crippen molar-refractivity contribution in [3.63, 3.8) is 0 Å². The largest absolute Gasteiger partial charge is 0.417 e. The molecular weight excluding hydrogens is 193 g/mol. The molecule has 76 valence electrons. The van der Waals surface area contributed by atoms with Crippen LogP contribution >= 0.6 is 0 Å². The van der Waals surface area contributed by atoms with E-state index in [0.717, 1.165) is 6.08 Å². The third kappa shape index (κ3) is 3.22. The number of hydrogen-bond donors (Lipinski definition) is 1. The van der Waals surface area contributed by atoms with E-state index in [-0.39, 0.29) is 0 Å². The number of benzene rings is 1. The van der Waals surface area contributed by atoms with Crippen molar-refractivity contribution >= 4 is 6.08 Å². The minimum atomic E-state index is -4.59. The first-order valence-corrected chi connectivity index (χ1v) is 3.98. The van der Waals surface area contributed by atoms with Crippen molar-refractivity contribution in [2.24, 2.45) is 0 Å². The summed E-state index contributed by atoms with van der Waals surface area (Å²) in [6.07, 6.45) is -5.04. The molecule has 0 aromatic heterocycles. The topological polar surface area (TPSA) is 20.2 Å². The molecule has 4 heteroatoms. The average Bonchev–Trinajstić information content (AvgIpc) is 2.14. The van der Waals surface area contributed by atoms with E-state index in [1.54, 1.807) is 30.3 Å². The lowest BCUT2D eigenvalue weighted by atomic mass is 10.2. The molecule has 0 fully saturated rings. The fourth-order valence-corrected chi connectivity index (χ4v) is 0.876. The second-order valence-electron chi connectivity index (χ2n) is 2.76. The average molecular weight is 202 g/mol. The molecule has 0 aliphatic carbocycles. The number of aliphatic hydroxyl groups excluding tert-OH is 1. The Morgan fingerprint density at radius 3 is 2.21 bits per heavy atom. The molecule has 0 saturated heterocycles. The molecule has 1 unspecified atom stereocenters. The molecule has 0 amide bonds. The SMILES string of the molecule is OC(/C=C/c1ccccc1)C(F)(F)F. The van der Waals surface area contributed by atoms with Crippen LogP contribution in [0.15, 0.2) is 36.4 Å². The van der Waals surface area contributed by atoms with Gasteiger partial charge in [-0.2, -0.15) is 13.2 Å². The molecule has 1 atom stereocenters. The van der Waals surface area contributed by atoms with Gasteiger partial charge in [0.05, 0.1) is 0 Å². The second-order valence-corrected chi connectivity index (χ2v) is 2.76. The zero-order valence-electron chi connectivity index (χ0n) is 7.20. The van der Waals surface area contributed by atoms with E-state index >= 15 is 0 Å². The Labute approximate surface area is 79.5 Å². The van der Waals surface area contributed by atoms with Crippen molar-refractivity contribution in [2.75, 3.05) is 0 Å². The van der Waals surface area contributed by atoms with Gasteiger partial charge in [0.2, 0.25) is 0 Å². The Balaban J connectivity index is 2.66. The van der Waals surface area contributed by atoms with Gasteiger partial charge in [0, 0.05) is 0 Å². The summed E-state index contributed by atoms with van der Waals surface area (Å²) < 4.78 is 35.6. The Hall–Kier alpha value is -1.29. The molecule has 0 bridgehead atoms. The van der Waals surface area contributed by atoms with Crippen molar-refractivity contribution in [1.82, 2.24) is 0 Å². The van der Waals surface area contributed by atoms with Crippen molar-refractivity contribution in [3.05, 3.63) is 42.0 Å². The van der Waals surface area contributed by atoms with Gasteiger partial charge < -0.3 is 5.11 Å². The van der Waals surface area contributed by atoms with E-state index in [1.165, 1.54) is 6.08 Å². The van der Waals surface area contributed by atoms with Crippen molar-refractivity contribution in [3.8, 4) is 0 Å². The molecule has 1 nitrogen and oxygen atoms in total. The third-order valence-corrected chi connectivity index (χ3v) is 1.61. The van der Waals surface area contributed by atoms with E-state index in [2.05, 4.69) is 0 Å². The van der Waals surface area contributed by atoms with Crippen LogP contribution in [0.3, 0.4) is 0 Å². The third-order valence-electron chi connectivity index (χ3n) is 1.61. The van der Waals surface area contributed by atoms with E-state index in [4.69, 9.17) is 5.11 Å². The highest BCUT2D eigenvalue weighted by atomic mass is 19.4. The first-order chi connectivity index (χ1) is 6.50. The standard InChI is InChI=1S/C10H9F3O/c11-10(12,13)9(14)7-6-8-4-2-1-3-5-8/h1-7,9,14H/b7-6+. The molecule has 0 heterocycles. The molecule has 1 rings (SSSR count). The Morgan fingerprint density at radius 1 is 1.14 bits per heavy atom. The van der Waals surface area contributed by atoms with Crippen LogP contribution in [0.25, 0.3) is 6.08 Å². The van der Waals surface area contributed by atoms with Gasteiger partial charge in [0.15, 0.2) is 6.10 Å². The highest BCUT2D eigenvalue weighted by Gasteiger charge is 2.35. The lowest BCUT2D eigenvalue weighted by molar-refractivity contribution is -0.187. The molecule has 1 aromatic carbocycles. The van der Waals surface area contributed by atoms with Gasteiger partial charge in [-0.25, -0.2) is 0 Å². The fraction of sp³-hybridized carbons (Fsp3) is 0.200. The zero-order chi connectivity index (χ0) is 10.6. The number of hydrogen-bond acceptors (Lipinski definition) is 1. The minimum absolute atomic E-state index is 0.621. The summed E-state index contributed by atoms with van der Waals surface area (Å²) in [5.41, 5.74) is 0.621. The summed E-state index contributed by atoms with van der Waals surface area (Å²) in [6, 6.07) is 8.48. The molecule has 0 saturated carbocycles. The van der Waals surface area contributed by atoms with Crippen molar-refractivity contribution in [1.29, 1.82) is 0 Å². The number of halogens is 3. The summed E-state index contributed by atoms with van der Waals surface area (Å²) in [7, 11) is 0. The van der Waals surface area contributed by atoms with Crippen LogP contribution in [0.5, 0.6) is 0 Å². The van der Waals surface area contributed by atoms with E-state index < -0.39 is 12.3 Å². The van der Waals surface area contributed by atoms with Crippen LogP contribution in [0.4, 0.5) is 13.2 Å². The fourth-order valence-electron chi connectivity index (χ4n) is 0.876. The minimum Gasteiger partial charge on any atom is -0.380 e. The molecule has 0 aliphatic heterocycles. The normalized spacial score (nSPS) is 14.6. The van der Waals surface area contributed by atoms with Gasteiger partial charge in [-0.05, 0) is 11.6 Å². The lowest BCUT2D eigenvalue weighted by Crippen LogP contribution is -2.25. The zero-order valence-corrected chi connectivity index (χ0v) is 7.20. The van der Waals surface area contributed by atoms with Gasteiger partial charge in [-0.1, -0.05) is 36.4 Å². The number of rotatable bonds is 2. The van der Waals surface area contributed by atoms with E-state index in [9.17, 15) is 13.2 Å². The van der Waals surface area contributed by atoms with Crippen molar-refractivity contribution < 1.29 is 18.3 Å². The molecule has 1 N–H and O–H groups in total. The van der Waals surface area contributed by atoms with Crippen LogP contribution in [0, 0.1) is 0 Å².